The summed E-state index contributed by atoms with van der Waals surface area (Å²) in [6.45, 7) is 1.97. The molecule has 0 radical (unpaired) electrons. The third kappa shape index (κ3) is 2.92. The molecule has 0 aliphatic carbocycles. The van der Waals surface area contributed by atoms with Crippen LogP contribution in [-0.2, 0) is 0 Å². The van der Waals surface area contributed by atoms with Gasteiger partial charge in [-0.05, 0) is 36.4 Å². The van der Waals surface area contributed by atoms with Crippen LogP contribution in [0.3, 0.4) is 0 Å². The quantitative estimate of drug-likeness (QED) is 0.872. The van der Waals surface area contributed by atoms with Crippen LogP contribution in [0.15, 0.2) is 41.5 Å². The second kappa shape index (κ2) is 6.20. The van der Waals surface area contributed by atoms with Crippen LogP contribution in [0.2, 0.25) is 0 Å². The van der Waals surface area contributed by atoms with Crippen molar-refractivity contribution in [3.05, 3.63) is 36.4 Å². The van der Waals surface area contributed by atoms with Crippen LogP contribution in [-0.4, -0.2) is 36.9 Å². The third-order valence-electron chi connectivity index (χ3n) is 3.34. The van der Waals surface area contributed by atoms with Gasteiger partial charge < -0.3 is 4.90 Å². The van der Waals surface area contributed by atoms with E-state index in [1.165, 1.54) is 10.8 Å². The van der Waals surface area contributed by atoms with E-state index in [4.69, 9.17) is 0 Å². The highest BCUT2D eigenvalue weighted by Crippen LogP contribution is 2.35. The smallest absolute Gasteiger partial charge is 0.202 e. The molecule has 0 saturated carbocycles. The molecule has 0 atom stereocenters. The van der Waals surface area contributed by atoms with E-state index in [0.717, 1.165) is 30.9 Å². The van der Waals surface area contributed by atoms with Crippen LogP contribution in [0.25, 0.3) is 10.8 Å². The lowest BCUT2D eigenvalue weighted by Crippen LogP contribution is -2.24. The summed E-state index contributed by atoms with van der Waals surface area (Å²) in [5.41, 5.74) is 5.58. The largest absolute Gasteiger partial charge is 0.309 e. The number of hydrogen-bond donors (Lipinski definition) is 1. The maximum Gasteiger partial charge on any atom is 0.202 e. The van der Waals surface area contributed by atoms with Gasteiger partial charge in [0.1, 0.15) is 11.4 Å². The van der Waals surface area contributed by atoms with Gasteiger partial charge in [0.05, 0.1) is 0 Å². The minimum Gasteiger partial charge on any atom is -0.309 e. The zero-order valence-corrected chi connectivity index (χ0v) is 12.7. The van der Waals surface area contributed by atoms with E-state index in [1.807, 2.05) is 4.81 Å². The third-order valence-corrected chi connectivity index (χ3v) is 3.34. The fraction of sp³-hybridized carbons (Fsp3) is 0.333. The molecular weight excluding hydrogens is 272 g/mol. The number of nitrogens with zero attached hydrogens (tertiary/aromatic N) is 3. The predicted molar refractivity (Wildman–Crippen MR) is 85.2 cm³/mol. The highest BCUT2D eigenvalue weighted by molar-refractivity contribution is 6.01. The molecular formula is C15H20ClN4+. The highest BCUT2D eigenvalue weighted by atomic mass is 35.5. The maximum atomic E-state index is 4.66. The van der Waals surface area contributed by atoms with Crippen molar-refractivity contribution in [2.24, 2.45) is 5.11 Å². The van der Waals surface area contributed by atoms with Crippen LogP contribution < -0.4 is 5.43 Å². The summed E-state index contributed by atoms with van der Waals surface area (Å²) in [7, 11) is 4.19. The fourth-order valence-corrected chi connectivity index (χ4v) is 2.43. The predicted octanol–water partition coefficient (Wildman–Crippen LogP) is 3.65. The average Bonchev–Trinajstić information content (AvgIpc) is 2.39. The molecule has 0 amide bonds. The normalized spacial score (nSPS) is 12.8. The molecule has 0 saturated heterocycles. The Morgan fingerprint density at radius 3 is 2.65 bits per heavy atom. The topological polar surface area (TPSA) is 30.6 Å². The zero-order chi connectivity index (χ0) is 13.2. The first-order chi connectivity index (χ1) is 9.24. The number of azo groups is 1. The molecule has 5 heteroatoms. The Balaban J connectivity index is 0.00000147. The molecule has 3 rings (SSSR count). The Bertz CT molecular complexity index is 632. The van der Waals surface area contributed by atoms with Crippen LogP contribution in [0.1, 0.15) is 6.42 Å². The molecule has 0 bridgehead atoms. The Hall–Kier alpha value is -1.65. The van der Waals surface area contributed by atoms with Crippen LogP contribution in [0.5, 0.6) is 0 Å². The van der Waals surface area contributed by atoms with Gasteiger partial charge in [0.25, 0.3) is 0 Å². The van der Waals surface area contributed by atoms with E-state index >= 15 is 0 Å². The van der Waals surface area contributed by atoms with Gasteiger partial charge in [-0.3, -0.25) is 0 Å². The van der Waals surface area contributed by atoms with Gasteiger partial charge in [0.2, 0.25) is 6.54 Å². The number of rotatable bonds is 4. The van der Waals surface area contributed by atoms with Gasteiger partial charge in [-0.2, -0.15) is 0 Å². The van der Waals surface area contributed by atoms with E-state index in [-0.39, 0.29) is 12.4 Å². The SMILES string of the molecule is CN(C)CCC[N+]1=Nc2cccc3cccc(c23)N1.Cl. The van der Waals surface area contributed by atoms with E-state index < -0.39 is 0 Å². The first kappa shape index (κ1) is 14.8. The first-order valence-corrected chi connectivity index (χ1v) is 6.66. The molecule has 1 N–H and O–H groups in total. The van der Waals surface area contributed by atoms with Gasteiger partial charge in [-0.1, -0.05) is 24.3 Å². The van der Waals surface area contributed by atoms with Crippen molar-refractivity contribution in [2.45, 2.75) is 6.42 Å². The van der Waals surface area contributed by atoms with Crippen LogP contribution in [0, 0.1) is 0 Å². The summed E-state index contributed by atoms with van der Waals surface area (Å²) in [6.07, 6.45) is 1.08. The Morgan fingerprint density at radius 2 is 1.90 bits per heavy atom. The molecule has 1 heterocycles. The number of benzene rings is 2. The molecule has 0 spiro atoms. The summed E-state index contributed by atoms with van der Waals surface area (Å²) < 4.78 is 0. The fourth-order valence-electron chi connectivity index (χ4n) is 2.43. The minimum absolute atomic E-state index is 0. The number of nitrogens with one attached hydrogen (secondary N) is 1. The van der Waals surface area contributed by atoms with Gasteiger partial charge >= 0.3 is 0 Å². The van der Waals surface area contributed by atoms with Crippen molar-refractivity contribution in [3.8, 4) is 0 Å². The van der Waals surface area contributed by atoms with Crippen LogP contribution in [0.4, 0.5) is 11.4 Å². The van der Waals surface area contributed by atoms with E-state index in [0.29, 0.717) is 0 Å². The van der Waals surface area contributed by atoms with Crippen LogP contribution >= 0.6 is 12.4 Å². The molecule has 20 heavy (non-hydrogen) atoms. The Morgan fingerprint density at radius 1 is 1.15 bits per heavy atom. The molecule has 0 aromatic heterocycles. The van der Waals surface area contributed by atoms with Gasteiger partial charge in [-0.25, -0.2) is 0 Å². The molecule has 0 unspecified atom stereocenters. The number of anilines is 1. The average molecular weight is 292 g/mol. The van der Waals surface area contributed by atoms with Crippen molar-refractivity contribution in [1.29, 1.82) is 0 Å². The summed E-state index contributed by atoms with van der Waals surface area (Å²) >= 11 is 0. The number of halogens is 1. The molecule has 2 aromatic rings. The molecule has 2 aromatic carbocycles. The first-order valence-electron chi connectivity index (χ1n) is 6.66. The Labute approximate surface area is 125 Å². The number of hydrazine groups is 1. The maximum absolute atomic E-state index is 4.66. The number of hydrogen-bond acceptors (Lipinski definition) is 3. The summed E-state index contributed by atoms with van der Waals surface area (Å²) in [6, 6.07) is 12.6. The lowest BCUT2D eigenvalue weighted by Gasteiger charge is -2.13. The summed E-state index contributed by atoms with van der Waals surface area (Å²) in [5.74, 6) is 0. The van der Waals surface area contributed by atoms with Crippen molar-refractivity contribution < 1.29 is 4.81 Å². The monoisotopic (exact) mass is 291 g/mol. The summed E-state index contributed by atoms with van der Waals surface area (Å²) in [4.78, 5) is 4.14. The van der Waals surface area contributed by atoms with Crippen molar-refractivity contribution >= 4 is 34.6 Å². The standard InChI is InChI=1S/C15H19N4.ClH/c1-18(2)10-5-11-19-16-13-8-3-6-12-7-4-9-14(17-19)15(12)13;/h3-4,6-9H,5,10-11H2,1-2H3,(H,16,17);1H/q+1;. The summed E-state index contributed by atoms with van der Waals surface area (Å²) in [5, 5.41) is 7.12. The zero-order valence-electron chi connectivity index (χ0n) is 11.8. The Kier molecular flexibility index (Phi) is 4.57. The highest BCUT2D eigenvalue weighted by Gasteiger charge is 2.19. The van der Waals surface area contributed by atoms with Crippen molar-refractivity contribution in [3.63, 3.8) is 0 Å². The molecule has 4 nitrogen and oxygen atoms in total. The molecule has 0 fully saturated rings. The van der Waals surface area contributed by atoms with Crippen molar-refractivity contribution in [1.82, 2.24) is 4.90 Å². The van der Waals surface area contributed by atoms with E-state index in [2.05, 4.69) is 65.9 Å². The van der Waals surface area contributed by atoms with E-state index in [1.54, 1.807) is 0 Å². The van der Waals surface area contributed by atoms with Gasteiger partial charge in [0, 0.05) is 23.5 Å². The van der Waals surface area contributed by atoms with Crippen molar-refractivity contribution in [2.75, 3.05) is 32.6 Å². The lowest BCUT2D eigenvalue weighted by molar-refractivity contribution is -0.561. The lowest BCUT2D eigenvalue weighted by atomic mass is 10.1. The van der Waals surface area contributed by atoms with E-state index in [9.17, 15) is 0 Å². The molecule has 1 aliphatic heterocycles. The molecule has 106 valence electrons. The second-order valence-corrected chi connectivity index (χ2v) is 5.17. The van der Waals surface area contributed by atoms with Gasteiger partial charge in [0.15, 0.2) is 0 Å². The second-order valence-electron chi connectivity index (χ2n) is 5.17. The molecule has 1 aliphatic rings. The minimum atomic E-state index is 0. The van der Waals surface area contributed by atoms with Gasteiger partial charge in [-0.15, -0.1) is 17.8 Å².